The molecule has 0 atom stereocenters. The largest absolute Gasteiger partial charge is 0.444 e. The van der Waals surface area contributed by atoms with Gasteiger partial charge in [-0.25, -0.2) is 9.97 Å². The normalized spacial score (nSPS) is 10.8. The Bertz CT molecular complexity index is 699. The fourth-order valence-electron chi connectivity index (χ4n) is 1.95. The highest BCUT2D eigenvalue weighted by atomic mass is 16.4. The van der Waals surface area contributed by atoms with Gasteiger partial charge in [-0.2, -0.15) is 0 Å². The summed E-state index contributed by atoms with van der Waals surface area (Å²) in [5.41, 5.74) is 1.91. The number of fused-ring (bicyclic) bond motifs is 1. The van der Waals surface area contributed by atoms with Gasteiger partial charge in [-0.05, 0) is 32.0 Å². The van der Waals surface area contributed by atoms with Gasteiger partial charge in [0.15, 0.2) is 0 Å². The maximum atomic E-state index is 5.52. The Labute approximate surface area is 111 Å². The zero-order valence-corrected chi connectivity index (χ0v) is 11.0. The number of aryl methyl sites for hydroxylation is 2. The van der Waals surface area contributed by atoms with Crippen LogP contribution in [0.15, 0.2) is 40.8 Å². The van der Waals surface area contributed by atoms with E-state index >= 15 is 0 Å². The highest BCUT2D eigenvalue weighted by Gasteiger charge is 2.05. The predicted octanol–water partition coefficient (Wildman–Crippen LogP) is 3.45. The monoisotopic (exact) mass is 253 g/mol. The average Bonchev–Trinajstić information content (AvgIpc) is 2.75. The number of rotatable bonds is 3. The molecule has 0 aliphatic carbocycles. The van der Waals surface area contributed by atoms with Crippen LogP contribution in [0, 0.1) is 13.8 Å². The molecule has 4 nitrogen and oxygen atoms in total. The molecule has 4 heteroatoms. The Kier molecular flexibility index (Phi) is 2.91. The van der Waals surface area contributed by atoms with E-state index in [2.05, 4.69) is 21.4 Å². The summed E-state index contributed by atoms with van der Waals surface area (Å²) in [6, 6.07) is 12.1. The SMILES string of the molecule is Cc1nc(CNc2ccc3ccccc3n2)oc1C. The summed E-state index contributed by atoms with van der Waals surface area (Å²) in [6.45, 7) is 4.40. The number of hydrogen-bond donors (Lipinski definition) is 1. The molecule has 0 amide bonds. The molecule has 0 radical (unpaired) electrons. The lowest BCUT2D eigenvalue weighted by molar-refractivity contribution is 0.478. The first kappa shape index (κ1) is 11.7. The number of benzene rings is 1. The van der Waals surface area contributed by atoms with E-state index in [0.717, 1.165) is 28.2 Å². The Balaban J connectivity index is 1.78. The van der Waals surface area contributed by atoms with Gasteiger partial charge >= 0.3 is 0 Å². The van der Waals surface area contributed by atoms with Crippen molar-refractivity contribution in [3.05, 3.63) is 53.7 Å². The van der Waals surface area contributed by atoms with Gasteiger partial charge in [0.25, 0.3) is 0 Å². The Hall–Kier alpha value is -2.36. The van der Waals surface area contributed by atoms with E-state index in [4.69, 9.17) is 4.42 Å². The number of nitrogens with zero attached hydrogens (tertiary/aromatic N) is 2. The summed E-state index contributed by atoms with van der Waals surface area (Å²) in [4.78, 5) is 8.87. The molecular formula is C15H15N3O. The van der Waals surface area contributed by atoms with Crippen molar-refractivity contribution in [2.75, 3.05) is 5.32 Å². The lowest BCUT2D eigenvalue weighted by Gasteiger charge is -2.04. The van der Waals surface area contributed by atoms with Crippen molar-refractivity contribution in [3.8, 4) is 0 Å². The molecule has 2 heterocycles. The molecule has 3 aromatic rings. The second-order valence-electron chi connectivity index (χ2n) is 4.49. The Morgan fingerprint density at radius 2 is 1.89 bits per heavy atom. The smallest absolute Gasteiger partial charge is 0.213 e. The van der Waals surface area contributed by atoms with E-state index in [1.807, 2.05) is 44.2 Å². The van der Waals surface area contributed by atoms with Crippen LogP contribution in [0.5, 0.6) is 0 Å². The van der Waals surface area contributed by atoms with Gasteiger partial charge in [0.05, 0.1) is 17.8 Å². The van der Waals surface area contributed by atoms with Gasteiger partial charge in [-0.1, -0.05) is 18.2 Å². The van der Waals surface area contributed by atoms with Gasteiger partial charge < -0.3 is 9.73 Å². The van der Waals surface area contributed by atoms with Crippen molar-refractivity contribution in [2.24, 2.45) is 0 Å². The highest BCUT2D eigenvalue weighted by molar-refractivity contribution is 5.79. The number of para-hydroxylation sites is 1. The van der Waals surface area contributed by atoms with E-state index in [-0.39, 0.29) is 0 Å². The standard InChI is InChI=1S/C15H15N3O/c1-10-11(2)19-15(17-10)9-16-14-8-7-12-5-3-4-6-13(12)18-14/h3-8H,9H2,1-2H3,(H,16,18). The van der Waals surface area contributed by atoms with Crippen LogP contribution in [-0.2, 0) is 6.54 Å². The predicted molar refractivity (Wildman–Crippen MR) is 75.0 cm³/mol. The minimum Gasteiger partial charge on any atom is -0.444 e. The van der Waals surface area contributed by atoms with E-state index in [1.54, 1.807) is 0 Å². The fourth-order valence-corrected chi connectivity index (χ4v) is 1.95. The third-order valence-electron chi connectivity index (χ3n) is 3.09. The van der Waals surface area contributed by atoms with E-state index in [1.165, 1.54) is 0 Å². The molecule has 0 spiro atoms. The third-order valence-corrected chi connectivity index (χ3v) is 3.09. The second-order valence-corrected chi connectivity index (χ2v) is 4.49. The zero-order chi connectivity index (χ0) is 13.2. The van der Waals surface area contributed by atoms with Crippen molar-refractivity contribution in [1.82, 2.24) is 9.97 Å². The number of aromatic nitrogens is 2. The first-order valence-corrected chi connectivity index (χ1v) is 6.25. The van der Waals surface area contributed by atoms with Crippen molar-refractivity contribution < 1.29 is 4.42 Å². The summed E-state index contributed by atoms with van der Waals surface area (Å²) in [7, 11) is 0. The summed E-state index contributed by atoms with van der Waals surface area (Å²) < 4.78 is 5.52. The summed E-state index contributed by atoms with van der Waals surface area (Å²) in [6.07, 6.45) is 0. The molecule has 0 aliphatic heterocycles. The van der Waals surface area contributed by atoms with E-state index in [0.29, 0.717) is 12.4 Å². The molecule has 19 heavy (non-hydrogen) atoms. The number of nitrogens with one attached hydrogen (secondary N) is 1. The molecule has 3 rings (SSSR count). The van der Waals surface area contributed by atoms with E-state index in [9.17, 15) is 0 Å². The van der Waals surface area contributed by atoms with Crippen molar-refractivity contribution >= 4 is 16.7 Å². The van der Waals surface area contributed by atoms with Crippen LogP contribution in [-0.4, -0.2) is 9.97 Å². The Morgan fingerprint density at radius 3 is 2.68 bits per heavy atom. The van der Waals surface area contributed by atoms with Gasteiger partial charge in [0.2, 0.25) is 5.89 Å². The zero-order valence-electron chi connectivity index (χ0n) is 11.0. The van der Waals surface area contributed by atoms with Gasteiger partial charge in [0, 0.05) is 5.39 Å². The van der Waals surface area contributed by atoms with Crippen molar-refractivity contribution in [2.45, 2.75) is 20.4 Å². The molecule has 0 bridgehead atoms. The first-order chi connectivity index (χ1) is 9.22. The molecule has 0 unspecified atom stereocenters. The van der Waals surface area contributed by atoms with Crippen molar-refractivity contribution in [3.63, 3.8) is 0 Å². The van der Waals surface area contributed by atoms with Crippen LogP contribution >= 0.6 is 0 Å². The molecular weight excluding hydrogens is 238 g/mol. The number of anilines is 1. The molecule has 96 valence electrons. The van der Waals surface area contributed by atoms with E-state index < -0.39 is 0 Å². The van der Waals surface area contributed by atoms with Crippen molar-refractivity contribution in [1.29, 1.82) is 0 Å². The maximum absolute atomic E-state index is 5.52. The van der Waals surface area contributed by atoms with Crippen LogP contribution in [0.3, 0.4) is 0 Å². The lowest BCUT2D eigenvalue weighted by Crippen LogP contribution is -2.01. The maximum Gasteiger partial charge on any atom is 0.213 e. The lowest BCUT2D eigenvalue weighted by atomic mass is 10.2. The number of hydrogen-bond acceptors (Lipinski definition) is 4. The van der Waals surface area contributed by atoms with Gasteiger partial charge in [-0.3, -0.25) is 0 Å². The quantitative estimate of drug-likeness (QED) is 0.776. The van der Waals surface area contributed by atoms with Crippen LogP contribution in [0.2, 0.25) is 0 Å². The summed E-state index contributed by atoms with van der Waals surface area (Å²) in [5.74, 6) is 2.38. The topological polar surface area (TPSA) is 51.0 Å². The van der Waals surface area contributed by atoms with Gasteiger partial charge in [0.1, 0.15) is 11.6 Å². The molecule has 2 aromatic heterocycles. The first-order valence-electron chi connectivity index (χ1n) is 6.25. The van der Waals surface area contributed by atoms with Crippen LogP contribution in [0.1, 0.15) is 17.3 Å². The number of pyridine rings is 1. The third kappa shape index (κ3) is 2.42. The van der Waals surface area contributed by atoms with Crippen LogP contribution < -0.4 is 5.32 Å². The number of oxazole rings is 1. The highest BCUT2D eigenvalue weighted by Crippen LogP contribution is 2.15. The second kappa shape index (κ2) is 4.72. The molecule has 0 saturated carbocycles. The average molecular weight is 253 g/mol. The molecule has 0 saturated heterocycles. The molecule has 1 aromatic carbocycles. The minimum atomic E-state index is 0.542. The fraction of sp³-hybridized carbons (Fsp3) is 0.200. The van der Waals surface area contributed by atoms with Crippen LogP contribution in [0.25, 0.3) is 10.9 Å². The van der Waals surface area contributed by atoms with Gasteiger partial charge in [-0.15, -0.1) is 0 Å². The molecule has 1 N–H and O–H groups in total. The Morgan fingerprint density at radius 1 is 1.05 bits per heavy atom. The molecule has 0 aliphatic rings. The molecule has 0 fully saturated rings. The minimum absolute atomic E-state index is 0.542. The van der Waals surface area contributed by atoms with Crippen LogP contribution in [0.4, 0.5) is 5.82 Å². The summed E-state index contributed by atoms with van der Waals surface area (Å²) >= 11 is 0. The summed E-state index contributed by atoms with van der Waals surface area (Å²) in [5, 5.41) is 4.36.